The molecule has 0 aliphatic carbocycles. The van der Waals surface area contributed by atoms with Gasteiger partial charge in [-0.15, -0.1) is 0 Å². The molecule has 2 aromatic carbocycles. The molecular formula is C23H27N3O2. The molecule has 0 saturated heterocycles. The number of carbonyl (C=O) groups excluding carboxylic acids is 1. The first kappa shape index (κ1) is 19.8. The molecule has 0 aliphatic heterocycles. The van der Waals surface area contributed by atoms with E-state index in [-0.39, 0.29) is 5.91 Å². The number of hydrogen-bond donors (Lipinski definition) is 1. The van der Waals surface area contributed by atoms with Gasteiger partial charge in [-0.1, -0.05) is 62.4 Å². The molecule has 0 unspecified atom stereocenters. The van der Waals surface area contributed by atoms with Crippen molar-refractivity contribution in [2.75, 3.05) is 19.8 Å². The van der Waals surface area contributed by atoms with Crippen LogP contribution in [0, 0.1) is 5.92 Å². The summed E-state index contributed by atoms with van der Waals surface area (Å²) in [4.78, 5) is 12.8. The van der Waals surface area contributed by atoms with Crippen LogP contribution >= 0.6 is 0 Å². The van der Waals surface area contributed by atoms with E-state index in [1.165, 1.54) is 0 Å². The van der Waals surface area contributed by atoms with Gasteiger partial charge in [0.25, 0.3) is 5.91 Å². The second-order valence-electron chi connectivity index (χ2n) is 7.12. The Hall–Kier alpha value is -2.92. The van der Waals surface area contributed by atoms with Crippen molar-refractivity contribution >= 4 is 5.91 Å². The van der Waals surface area contributed by atoms with E-state index in [1.54, 1.807) is 10.9 Å². The Morgan fingerprint density at radius 3 is 2.43 bits per heavy atom. The number of para-hydroxylation sites is 1. The molecule has 0 fully saturated rings. The molecule has 0 bridgehead atoms. The second kappa shape index (κ2) is 9.85. The van der Waals surface area contributed by atoms with E-state index >= 15 is 0 Å². The van der Waals surface area contributed by atoms with Crippen molar-refractivity contribution in [1.82, 2.24) is 15.1 Å². The molecule has 146 valence electrons. The van der Waals surface area contributed by atoms with Gasteiger partial charge in [-0.3, -0.25) is 4.79 Å². The third-order valence-electron chi connectivity index (χ3n) is 4.23. The average molecular weight is 377 g/mol. The van der Waals surface area contributed by atoms with Crippen molar-refractivity contribution in [3.05, 3.63) is 72.4 Å². The summed E-state index contributed by atoms with van der Waals surface area (Å²) in [6, 6.07) is 19.6. The van der Waals surface area contributed by atoms with Crippen LogP contribution < -0.4 is 5.32 Å². The molecule has 28 heavy (non-hydrogen) atoms. The predicted molar refractivity (Wildman–Crippen MR) is 112 cm³/mol. The van der Waals surface area contributed by atoms with Crippen LogP contribution in [-0.2, 0) is 4.74 Å². The number of hydrogen-bond acceptors (Lipinski definition) is 3. The van der Waals surface area contributed by atoms with E-state index in [0.717, 1.165) is 24.3 Å². The van der Waals surface area contributed by atoms with Crippen LogP contribution in [0.2, 0.25) is 0 Å². The molecule has 0 radical (unpaired) electrons. The number of nitrogens with one attached hydrogen (secondary N) is 1. The minimum Gasteiger partial charge on any atom is -0.381 e. The lowest BCUT2D eigenvalue weighted by Crippen LogP contribution is -2.25. The van der Waals surface area contributed by atoms with Gasteiger partial charge < -0.3 is 10.1 Å². The zero-order valence-corrected chi connectivity index (χ0v) is 16.5. The van der Waals surface area contributed by atoms with Crippen molar-refractivity contribution in [2.45, 2.75) is 20.3 Å². The molecule has 3 aromatic rings. The quantitative estimate of drug-likeness (QED) is 0.565. The lowest BCUT2D eigenvalue weighted by Gasteiger charge is -2.08. The van der Waals surface area contributed by atoms with E-state index in [9.17, 15) is 4.79 Å². The van der Waals surface area contributed by atoms with Crippen LogP contribution in [0.3, 0.4) is 0 Å². The zero-order chi connectivity index (χ0) is 19.8. The van der Waals surface area contributed by atoms with Gasteiger partial charge in [-0.2, -0.15) is 5.10 Å². The number of carbonyl (C=O) groups is 1. The summed E-state index contributed by atoms with van der Waals surface area (Å²) in [5.74, 6) is 0.400. The molecule has 0 aliphatic rings. The zero-order valence-electron chi connectivity index (χ0n) is 16.5. The molecule has 3 rings (SSSR count). The first-order chi connectivity index (χ1) is 13.6. The second-order valence-corrected chi connectivity index (χ2v) is 7.12. The van der Waals surface area contributed by atoms with Gasteiger partial charge in [0, 0.05) is 31.5 Å². The fraction of sp³-hybridized carbons (Fsp3) is 0.304. The van der Waals surface area contributed by atoms with Gasteiger partial charge in [-0.05, 0) is 24.5 Å². The minimum atomic E-state index is -0.120. The van der Waals surface area contributed by atoms with Crippen molar-refractivity contribution < 1.29 is 9.53 Å². The molecular weight excluding hydrogens is 350 g/mol. The minimum absolute atomic E-state index is 0.120. The van der Waals surface area contributed by atoms with Crippen molar-refractivity contribution in [2.24, 2.45) is 5.92 Å². The third-order valence-corrected chi connectivity index (χ3v) is 4.23. The van der Waals surface area contributed by atoms with Crippen LogP contribution in [0.1, 0.15) is 30.6 Å². The summed E-state index contributed by atoms with van der Waals surface area (Å²) < 4.78 is 7.32. The maximum Gasteiger partial charge on any atom is 0.255 e. The molecule has 0 spiro atoms. The van der Waals surface area contributed by atoms with Crippen LogP contribution in [0.4, 0.5) is 0 Å². The molecule has 5 heteroatoms. The predicted octanol–water partition coefficient (Wildman–Crippen LogP) is 4.33. The van der Waals surface area contributed by atoms with Crippen LogP contribution in [-0.4, -0.2) is 35.4 Å². The Labute approximate surface area is 166 Å². The van der Waals surface area contributed by atoms with Crippen LogP contribution in [0.5, 0.6) is 0 Å². The van der Waals surface area contributed by atoms with Crippen LogP contribution in [0.15, 0.2) is 66.9 Å². The number of ether oxygens (including phenoxy) is 1. The van der Waals surface area contributed by atoms with Gasteiger partial charge in [0.2, 0.25) is 0 Å². The van der Waals surface area contributed by atoms with E-state index < -0.39 is 0 Å². The Morgan fingerprint density at radius 2 is 1.75 bits per heavy atom. The summed E-state index contributed by atoms with van der Waals surface area (Å²) in [6.45, 7) is 6.21. The Morgan fingerprint density at radius 1 is 1.07 bits per heavy atom. The van der Waals surface area contributed by atoms with E-state index in [2.05, 4.69) is 24.3 Å². The maximum atomic E-state index is 12.8. The Kier molecular flexibility index (Phi) is 6.98. The van der Waals surface area contributed by atoms with Gasteiger partial charge in [0.05, 0.1) is 11.3 Å². The number of rotatable bonds is 9. The smallest absolute Gasteiger partial charge is 0.255 e. The highest BCUT2D eigenvalue weighted by atomic mass is 16.5. The summed E-state index contributed by atoms with van der Waals surface area (Å²) in [5.41, 5.74) is 3.08. The SMILES string of the molecule is CC(C)COCCCNC(=O)c1cn(-c2ccccc2)nc1-c1ccccc1. The standard InChI is InChI=1S/C23H27N3O2/c1-18(2)17-28-15-9-14-24-23(27)21-16-26(20-12-7-4-8-13-20)25-22(21)19-10-5-3-6-11-19/h3-8,10-13,16,18H,9,14-15,17H2,1-2H3,(H,24,27). The van der Waals surface area contributed by atoms with Gasteiger partial charge >= 0.3 is 0 Å². The molecule has 1 heterocycles. The summed E-state index contributed by atoms with van der Waals surface area (Å²) in [7, 11) is 0. The monoisotopic (exact) mass is 377 g/mol. The van der Waals surface area contributed by atoms with Gasteiger partial charge in [-0.25, -0.2) is 4.68 Å². The number of aromatic nitrogens is 2. The average Bonchev–Trinajstić information content (AvgIpc) is 3.17. The summed E-state index contributed by atoms with van der Waals surface area (Å²) >= 11 is 0. The lowest BCUT2D eigenvalue weighted by molar-refractivity contribution is 0.0925. The van der Waals surface area contributed by atoms with Crippen molar-refractivity contribution in [1.29, 1.82) is 0 Å². The first-order valence-corrected chi connectivity index (χ1v) is 9.71. The molecule has 0 atom stereocenters. The fourth-order valence-corrected chi connectivity index (χ4v) is 2.85. The maximum absolute atomic E-state index is 12.8. The van der Waals surface area contributed by atoms with Crippen molar-refractivity contribution in [3.63, 3.8) is 0 Å². The summed E-state index contributed by atoms with van der Waals surface area (Å²) in [6.07, 6.45) is 2.58. The molecule has 1 amide bonds. The molecule has 1 N–H and O–H groups in total. The van der Waals surface area contributed by atoms with E-state index in [4.69, 9.17) is 4.74 Å². The lowest BCUT2D eigenvalue weighted by atomic mass is 10.1. The van der Waals surface area contributed by atoms with Gasteiger partial charge in [0.15, 0.2) is 0 Å². The normalized spacial score (nSPS) is 11.0. The fourth-order valence-electron chi connectivity index (χ4n) is 2.85. The number of nitrogens with zero attached hydrogens (tertiary/aromatic N) is 2. The van der Waals surface area contributed by atoms with Gasteiger partial charge in [0.1, 0.15) is 5.69 Å². The highest BCUT2D eigenvalue weighted by Gasteiger charge is 2.18. The van der Waals surface area contributed by atoms with Crippen molar-refractivity contribution in [3.8, 4) is 16.9 Å². The highest BCUT2D eigenvalue weighted by molar-refractivity contribution is 5.99. The molecule has 0 saturated carbocycles. The Balaban J connectivity index is 1.73. The number of benzene rings is 2. The first-order valence-electron chi connectivity index (χ1n) is 9.71. The topological polar surface area (TPSA) is 56.1 Å². The Bertz CT molecular complexity index is 873. The highest BCUT2D eigenvalue weighted by Crippen LogP contribution is 2.23. The van der Waals surface area contributed by atoms with E-state index in [0.29, 0.717) is 30.3 Å². The molecule has 1 aromatic heterocycles. The van der Waals surface area contributed by atoms with E-state index in [1.807, 2.05) is 60.7 Å². The van der Waals surface area contributed by atoms with Crippen LogP contribution in [0.25, 0.3) is 16.9 Å². The largest absolute Gasteiger partial charge is 0.381 e. The number of amides is 1. The summed E-state index contributed by atoms with van der Waals surface area (Å²) in [5, 5.41) is 7.67. The third kappa shape index (κ3) is 5.30. The molecule has 5 nitrogen and oxygen atoms in total.